The number of nitrogens with zero attached hydrogens (tertiary/aromatic N) is 1. The number of carbonyl (C=O) groups excluding carboxylic acids is 1. The van der Waals surface area contributed by atoms with Crippen LogP contribution in [0, 0.1) is 5.92 Å². The van der Waals surface area contributed by atoms with E-state index in [2.05, 4.69) is 4.98 Å². The lowest BCUT2D eigenvalue weighted by atomic mass is 9.93. The molecule has 1 aliphatic heterocycles. The van der Waals surface area contributed by atoms with Crippen LogP contribution in [0.15, 0.2) is 36.4 Å². The molecule has 1 aliphatic rings. The largest absolute Gasteiger partial charge is 0.381 e. The number of carbonyl (C=O) groups is 1. The van der Waals surface area contributed by atoms with E-state index in [1.165, 1.54) is 0 Å². The highest BCUT2D eigenvalue weighted by molar-refractivity contribution is 5.96. The SMILES string of the molecule is O=C(CC1CCOCC1)c1ccc2ccccc2n1. The van der Waals surface area contributed by atoms with Gasteiger partial charge in [0.2, 0.25) is 0 Å². The number of para-hydroxylation sites is 1. The van der Waals surface area contributed by atoms with Gasteiger partial charge in [0.1, 0.15) is 5.69 Å². The van der Waals surface area contributed by atoms with Crippen LogP contribution < -0.4 is 0 Å². The number of rotatable bonds is 3. The maximum Gasteiger partial charge on any atom is 0.181 e. The van der Waals surface area contributed by atoms with E-state index < -0.39 is 0 Å². The van der Waals surface area contributed by atoms with Crippen LogP contribution in [0.25, 0.3) is 10.9 Å². The van der Waals surface area contributed by atoms with Crippen molar-refractivity contribution in [3.05, 3.63) is 42.1 Å². The van der Waals surface area contributed by atoms with Crippen molar-refractivity contribution in [1.29, 1.82) is 0 Å². The Morgan fingerprint density at radius 2 is 1.95 bits per heavy atom. The number of ketones is 1. The summed E-state index contributed by atoms with van der Waals surface area (Å²) in [6, 6.07) is 11.7. The summed E-state index contributed by atoms with van der Waals surface area (Å²) in [5, 5.41) is 1.07. The zero-order valence-corrected chi connectivity index (χ0v) is 10.8. The Morgan fingerprint density at radius 1 is 1.16 bits per heavy atom. The zero-order chi connectivity index (χ0) is 13.1. The topological polar surface area (TPSA) is 39.2 Å². The van der Waals surface area contributed by atoms with E-state index >= 15 is 0 Å². The highest BCUT2D eigenvalue weighted by atomic mass is 16.5. The Kier molecular flexibility index (Phi) is 3.56. The molecular formula is C16H17NO2. The van der Waals surface area contributed by atoms with Crippen molar-refractivity contribution in [3.8, 4) is 0 Å². The van der Waals surface area contributed by atoms with Crippen LogP contribution >= 0.6 is 0 Å². The average molecular weight is 255 g/mol. The Labute approximate surface area is 112 Å². The molecule has 0 aliphatic carbocycles. The second-order valence-corrected chi connectivity index (χ2v) is 5.07. The van der Waals surface area contributed by atoms with Crippen molar-refractivity contribution in [3.63, 3.8) is 0 Å². The third kappa shape index (κ3) is 2.82. The minimum atomic E-state index is 0.151. The standard InChI is InChI=1S/C16H17NO2/c18-16(11-12-7-9-19-10-8-12)15-6-5-13-3-1-2-4-14(13)17-15/h1-6,12H,7-11H2. The van der Waals surface area contributed by atoms with Gasteiger partial charge in [0.25, 0.3) is 0 Å². The molecule has 0 amide bonds. The molecule has 0 N–H and O–H groups in total. The van der Waals surface area contributed by atoms with Crippen LogP contribution in [0.3, 0.4) is 0 Å². The normalized spacial score (nSPS) is 16.6. The monoisotopic (exact) mass is 255 g/mol. The molecule has 3 nitrogen and oxygen atoms in total. The Balaban J connectivity index is 1.77. The fraction of sp³-hybridized carbons (Fsp3) is 0.375. The first-order valence-corrected chi connectivity index (χ1v) is 6.80. The van der Waals surface area contributed by atoms with Crippen molar-refractivity contribution >= 4 is 16.7 Å². The van der Waals surface area contributed by atoms with Crippen molar-refractivity contribution in [2.45, 2.75) is 19.3 Å². The van der Waals surface area contributed by atoms with E-state index in [1.807, 2.05) is 36.4 Å². The fourth-order valence-electron chi connectivity index (χ4n) is 2.54. The van der Waals surface area contributed by atoms with Crippen molar-refractivity contribution in [2.24, 2.45) is 5.92 Å². The molecule has 3 heteroatoms. The van der Waals surface area contributed by atoms with Gasteiger partial charge in [-0.2, -0.15) is 0 Å². The summed E-state index contributed by atoms with van der Waals surface area (Å²) in [7, 11) is 0. The molecule has 1 fully saturated rings. The molecule has 0 unspecified atom stereocenters. The van der Waals surface area contributed by atoms with E-state index in [9.17, 15) is 4.79 Å². The summed E-state index contributed by atoms with van der Waals surface area (Å²) in [4.78, 5) is 16.7. The molecule has 2 heterocycles. The maximum absolute atomic E-state index is 12.3. The molecule has 0 spiro atoms. The first-order valence-electron chi connectivity index (χ1n) is 6.80. The molecule has 1 aromatic heterocycles. The summed E-state index contributed by atoms with van der Waals surface area (Å²) in [5.41, 5.74) is 1.48. The molecule has 98 valence electrons. The highest BCUT2D eigenvalue weighted by Crippen LogP contribution is 2.21. The molecule has 2 aromatic rings. The van der Waals surface area contributed by atoms with Crippen molar-refractivity contribution < 1.29 is 9.53 Å². The second kappa shape index (κ2) is 5.49. The van der Waals surface area contributed by atoms with Gasteiger partial charge in [-0.25, -0.2) is 4.98 Å². The summed E-state index contributed by atoms with van der Waals surface area (Å²) in [5.74, 6) is 0.604. The lowest BCUT2D eigenvalue weighted by Crippen LogP contribution is -2.19. The first-order chi connectivity index (χ1) is 9.33. The first kappa shape index (κ1) is 12.3. The number of Topliss-reactive ketones (excluding diaryl/α,β-unsaturated/α-hetero) is 1. The zero-order valence-electron chi connectivity index (χ0n) is 10.8. The van der Waals surface area contributed by atoms with Crippen LogP contribution in [0.5, 0.6) is 0 Å². The van der Waals surface area contributed by atoms with Gasteiger partial charge in [-0.3, -0.25) is 4.79 Å². The summed E-state index contributed by atoms with van der Waals surface area (Å²) < 4.78 is 5.32. The minimum Gasteiger partial charge on any atom is -0.381 e. The van der Waals surface area contributed by atoms with E-state index in [-0.39, 0.29) is 5.78 Å². The molecule has 0 atom stereocenters. The van der Waals surface area contributed by atoms with Gasteiger partial charge in [-0.15, -0.1) is 0 Å². The minimum absolute atomic E-state index is 0.151. The fourth-order valence-corrected chi connectivity index (χ4v) is 2.54. The molecule has 1 saturated heterocycles. The van der Waals surface area contributed by atoms with Gasteiger partial charge in [0.15, 0.2) is 5.78 Å². The van der Waals surface area contributed by atoms with Crippen molar-refractivity contribution in [1.82, 2.24) is 4.98 Å². The van der Waals surface area contributed by atoms with E-state index in [4.69, 9.17) is 4.74 Å². The number of hydrogen-bond donors (Lipinski definition) is 0. The van der Waals surface area contributed by atoms with Crippen LogP contribution in [0.2, 0.25) is 0 Å². The molecule has 0 radical (unpaired) electrons. The predicted octanol–water partition coefficient (Wildman–Crippen LogP) is 3.23. The van der Waals surface area contributed by atoms with Gasteiger partial charge in [0, 0.05) is 25.0 Å². The summed E-state index contributed by atoms with van der Waals surface area (Å²) >= 11 is 0. The predicted molar refractivity (Wildman–Crippen MR) is 74.2 cm³/mol. The summed E-state index contributed by atoms with van der Waals surface area (Å²) in [6.45, 7) is 1.56. The average Bonchev–Trinajstić information content (AvgIpc) is 2.48. The molecule has 0 saturated carbocycles. The molecule has 3 rings (SSSR count). The van der Waals surface area contributed by atoms with Gasteiger partial charge in [0.05, 0.1) is 5.52 Å². The molecule has 0 bridgehead atoms. The van der Waals surface area contributed by atoms with Gasteiger partial charge in [-0.05, 0) is 30.9 Å². The van der Waals surface area contributed by atoms with E-state index in [1.54, 1.807) is 0 Å². The van der Waals surface area contributed by atoms with Crippen LogP contribution in [-0.2, 0) is 4.74 Å². The van der Waals surface area contributed by atoms with Crippen LogP contribution in [-0.4, -0.2) is 24.0 Å². The van der Waals surface area contributed by atoms with Crippen LogP contribution in [0.1, 0.15) is 29.8 Å². The quantitative estimate of drug-likeness (QED) is 0.790. The number of aromatic nitrogens is 1. The number of benzene rings is 1. The summed E-state index contributed by atoms with van der Waals surface area (Å²) in [6.07, 6.45) is 2.56. The Morgan fingerprint density at radius 3 is 2.79 bits per heavy atom. The Bertz CT molecular complexity index is 588. The maximum atomic E-state index is 12.3. The lowest BCUT2D eigenvalue weighted by Gasteiger charge is -2.20. The second-order valence-electron chi connectivity index (χ2n) is 5.07. The van der Waals surface area contributed by atoms with Gasteiger partial charge in [-0.1, -0.05) is 24.3 Å². The number of pyridine rings is 1. The molecule has 1 aromatic carbocycles. The smallest absolute Gasteiger partial charge is 0.181 e. The van der Waals surface area contributed by atoms with Gasteiger partial charge >= 0.3 is 0 Å². The van der Waals surface area contributed by atoms with E-state index in [0.29, 0.717) is 18.0 Å². The highest BCUT2D eigenvalue weighted by Gasteiger charge is 2.19. The van der Waals surface area contributed by atoms with Crippen molar-refractivity contribution in [2.75, 3.05) is 13.2 Å². The number of hydrogen-bond acceptors (Lipinski definition) is 3. The van der Waals surface area contributed by atoms with E-state index in [0.717, 1.165) is 37.0 Å². The number of ether oxygens (including phenoxy) is 1. The molecule has 19 heavy (non-hydrogen) atoms. The van der Waals surface area contributed by atoms with Crippen LogP contribution in [0.4, 0.5) is 0 Å². The third-order valence-electron chi connectivity index (χ3n) is 3.70. The van der Waals surface area contributed by atoms with Gasteiger partial charge < -0.3 is 4.74 Å². The number of fused-ring (bicyclic) bond motifs is 1. The molecular weight excluding hydrogens is 238 g/mol. The third-order valence-corrected chi connectivity index (χ3v) is 3.70. The Hall–Kier alpha value is -1.74. The lowest BCUT2D eigenvalue weighted by molar-refractivity contribution is 0.0599.